The Morgan fingerprint density at radius 2 is 1.73 bits per heavy atom. The van der Waals surface area contributed by atoms with Crippen molar-refractivity contribution in [1.29, 1.82) is 0 Å². The minimum atomic E-state index is -3.79. The lowest BCUT2D eigenvalue weighted by molar-refractivity contribution is -0.121. The molecular weight excluding hydrogens is 661 g/mol. The Balaban J connectivity index is 1.38. The number of anilines is 1. The molecule has 0 aliphatic carbocycles. The summed E-state index contributed by atoms with van der Waals surface area (Å²) in [7, 11) is -2.65. The monoisotopic (exact) mass is 702 g/mol. The van der Waals surface area contributed by atoms with Crippen LogP contribution in [-0.2, 0) is 36.1 Å². The minimum Gasteiger partial charge on any atom is -0.453 e. The predicted octanol–water partition coefficient (Wildman–Crippen LogP) is 4.89. The number of amides is 2. The van der Waals surface area contributed by atoms with Crippen molar-refractivity contribution in [3.8, 4) is 0 Å². The summed E-state index contributed by atoms with van der Waals surface area (Å²) in [4.78, 5) is 26.9. The summed E-state index contributed by atoms with van der Waals surface area (Å²) < 4.78 is 83.0. The van der Waals surface area contributed by atoms with Crippen LogP contribution in [0.25, 0.3) is 0 Å². The zero-order valence-corrected chi connectivity index (χ0v) is 28.2. The van der Waals surface area contributed by atoms with E-state index in [0.717, 1.165) is 19.2 Å². The van der Waals surface area contributed by atoms with Crippen LogP contribution in [0.3, 0.4) is 0 Å². The molecule has 49 heavy (non-hydrogen) atoms. The average Bonchev–Trinajstić information content (AvgIpc) is 3.10. The summed E-state index contributed by atoms with van der Waals surface area (Å²) in [6, 6.07) is 13.8. The van der Waals surface area contributed by atoms with Crippen LogP contribution in [0.15, 0.2) is 71.6 Å². The molecule has 0 aromatic heterocycles. The fourth-order valence-corrected chi connectivity index (χ4v) is 8.81. The molecule has 0 saturated carbocycles. The van der Waals surface area contributed by atoms with E-state index in [2.05, 4.69) is 16.0 Å². The van der Waals surface area contributed by atoms with Gasteiger partial charge in [0.25, 0.3) is 0 Å². The number of nitrogens with zero attached hydrogens (tertiary/aromatic N) is 1. The highest BCUT2D eigenvalue weighted by Gasteiger charge is 2.47. The van der Waals surface area contributed by atoms with Gasteiger partial charge in [-0.15, -0.1) is 0 Å². The first kappa shape index (κ1) is 36.3. The fourth-order valence-electron chi connectivity index (χ4n) is 6.94. The van der Waals surface area contributed by atoms with Gasteiger partial charge in [-0.1, -0.05) is 30.3 Å². The first-order valence-corrected chi connectivity index (χ1v) is 17.7. The molecule has 2 fully saturated rings. The Labute approximate surface area is 284 Å². The maximum Gasteiger partial charge on any atom is 0.407 e. The molecule has 0 bridgehead atoms. The summed E-state index contributed by atoms with van der Waals surface area (Å²) in [5.74, 6) is -3.45. The van der Waals surface area contributed by atoms with Crippen molar-refractivity contribution < 1.29 is 40.7 Å². The molecule has 3 aromatic carbocycles. The second-order valence-electron chi connectivity index (χ2n) is 12.4. The lowest BCUT2D eigenvalue weighted by atomic mass is 9.68. The Hall–Kier alpha value is -3.98. The van der Waals surface area contributed by atoms with Crippen LogP contribution in [0.5, 0.6) is 0 Å². The normalized spacial score (nSPS) is 20.3. The van der Waals surface area contributed by atoms with Crippen LogP contribution in [0.1, 0.15) is 43.7 Å². The molecule has 2 saturated heterocycles. The highest BCUT2D eigenvalue weighted by Crippen LogP contribution is 2.40. The van der Waals surface area contributed by atoms with Crippen molar-refractivity contribution in [2.75, 3.05) is 38.7 Å². The van der Waals surface area contributed by atoms with Gasteiger partial charge in [-0.3, -0.25) is 4.79 Å². The van der Waals surface area contributed by atoms with Crippen molar-refractivity contribution >= 4 is 27.7 Å². The molecule has 0 radical (unpaired) electrons. The standard InChI is InChI=1S/C35H41F3N4O6S/c1-23-21-39-22-25(42(23)49(45,46)26-9-4-3-5-10-26)8-6-11-27-28(36)12-7-13-31(27)40-33(43)32(41-34(44)47-2)35(16-18-48-19-17-35)24-14-15-29(37)30(38)20-24/h3-5,7,9-10,12-15,20,23,25,32,39H,6,8,11,16-19,21-22H2,1-2H3,(H,40,43)(H,41,44). The summed E-state index contributed by atoms with van der Waals surface area (Å²) >= 11 is 0. The van der Waals surface area contributed by atoms with Crippen molar-refractivity contribution in [1.82, 2.24) is 14.9 Å². The molecule has 0 spiro atoms. The van der Waals surface area contributed by atoms with Gasteiger partial charge >= 0.3 is 6.09 Å². The van der Waals surface area contributed by atoms with Gasteiger partial charge in [-0.2, -0.15) is 4.31 Å². The highest BCUT2D eigenvalue weighted by atomic mass is 32.2. The summed E-state index contributed by atoms with van der Waals surface area (Å²) in [6.45, 7) is 3.12. The molecule has 2 amide bonds. The third-order valence-electron chi connectivity index (χ3n) is 9.42. The molecule has 3 atom stereocenters. The summed E-state index contributed by atoms with van der Waals surface area (Å²) in [6.07, 6.45) is 0.432. The number of piperazine rings is 1. The molecule has 5 rings (SSSR count). The van der Waals surface area contributed by atoms with Crippen LogP contribution in [0.2, 0.25) is 0 Å². The van der Waals surface area contributed by atoms with E-state index in [0.29, 0.717) is 25.9 Å². The quantitative estimate of drug-likeness (QED) is 0.260. The van der Waals surface area contributed by atoms with Crippen molar-refractivity contribution in [2.45, 2.75) is 67.5 Å². The summed E-state index contributed by atoms with van der Waals surface area (Å²) in [5.41, 5.74) is -0.554. The Kier molecular flexibility index (Phi) is 11.6. The van der Waals surface area contributed by atoms with E-state index in [1.165, 1.54) is 28.6 Å². The van der Waals surface area contributed by atoms with Crippen molar-refractivity contribution in [3.63, 3.8) is 0 Å². The number of nitrogens with one attached hydrogen (secondary N) is 3. The molecule has 3 unspecified atom stereocenters. The zero-order chi connectivity index (χ0) is 35.2. The van der Waals surface area contributed by atoms with Gasteiger partial charge in [0.2, 0.25) is 15.9 Å². The molecule has 14 heteroatoms. The summed E-state index contributed by atoms with van der Waals surface area (Å²) in [5, 5.41) is 8.64. The van der Waals surface area contributed by atoms with Gasteiger partial charge in [0.05, 0.1) is 12.0 Å². The van der Waals surface area contributed by atoms with Gasteiger partial charge in [-0.25, -0.2) is 26.4 Å². The molecule has 10 nitrogen and oxygen atoms in total. The third-order valence-corrected chi connectivity index (χ3v) is 11.5. The first-order chi connectivity index (χ1) is 23.5. The highest BCUT2D eigenvalue weighted by molar-refractivity contribution is 7.89. The third kappa shape index (κ3) is 7.93. The van der Waals surface area contributed by atoms with Crippen molar-refractivity contribution in [3.05, 3.63) is 95.3 Å². The largest absolute Gasteiger partial charge is 0.453 e. The number of hydrogen-bond acceptors (Lipinski definition) is 7. The number of ether oxygens (including phenoxy) is 2. The SMILES string of the molecule is COC(=O)NC(C(=O)Nc1cccc(F)c1CCCC1CNCC(C)N1S(=O)(=O)c1ccccc1)C1(c2ccc(F)c(F)c2)CCOCC1. The van der Waals surface area contributed by atoms with Gasteiger partial charge in [0.1, 0.15) is 11.9 Å². The molecular formula is C35H41F3N4O6S. The lowest BCUT2D eigenvalue weighted by Gasteiger charge is -2.43. The first-order valence-electron chi connectivity index (χ1n) is 16.2. The van der Waals surface area contributed by atoms with E-state index in [-0.39, 0.29) is 60.2 Å². The van der Waals surface area contributed by atoms with Gasteiger partial charge < -0.3 is 25.4 Å². The Morgan fingerprint density at radius 1 is 1.00 bits per heavy atom. The zero-order valence-electron chi connectivity index (χ0n) is 27.4. The fraction of sp³-hybridized carbons (Fsp3) is 0.429. The Bertz CT molecular complexity index is 1740. The maximum absolute atomic E-state index is 15.4. The number of sulfonamides is 1. The Morgan fingerprint density at radius 3 is 2.43 bits per heavy atom. The van der Waals surface area contributed by atoms with Crippen LogP contribution in [0, 0.1) is 17.5 Å². The van der Waals surface area contributed by atoms with Crippen LogP contribution in [-0.4, -0.2) is 76.3 Å². The number of halogens is 3. The number of carbonyl (C=O) groups is 2. The average molecular weight is 703 g/mol. The second-order valence-corrected chi connectivity index (χ2v) is 14.3. The van der Waals surface area contributed by atoms with E-state index in [1.54, 1.807) is 30.3 Å². The minimum absolute atomic E-state index is 0.165. The predicted molar refractivity (Wildman–Crippen MR) is 177 cm³/mol. The number of methoxy groups -OCH3 is 1. The lowest BCUT2D eigenvalue weighted by Crippen LogP contribution is -2.58. The molecule has 2 heterocycles. The number of benzene rings is 3. The van der Waals surface area contributed by atoms with E-state index in [9.17, 15) is 26.8 Å². The number of hydrogen-bond donors (Lipinski definition) is 3. The molecule has 3 aromatic rings. The topological polar surface area (TPSA) is 126 Å². The van der Waals surface area contributed by atoms with E-state index < -0.39 is 57.0 Å². The van der Waals surface area contributed by atoms with Crippen LogP contribution >= 0.6 is 0 Å². The van der Waals surface area contributed by atoms with Crippen LogP contribution < -0.4 is 16.0 Å². The van der Waals surface area contributed by atoms with E-state index in [4.69, 9.17) is 9.47 Å². The van der Waals surface area contributed by atoms with Gasteiger partial charge in [0.15, 0.2) is 11.6 Å². The van der Waals surface area contributed by atoms with Gasteiger partial charge in [-0.05, 0) is 81.0 Å². The number of alkyl carbamates (subject to hydrolysis) is 1. The number of carbonyl (C=O) groups excluding carboxylic acids is 2. The molecule has 2 aliphatic rings. The van der Waals surface area contributed by atoms with E-state index >= 15 is 4.39 Å². The van der Waals surface area contributed by atoms with Gasteiger partial charge in [0, 0.05) is 55.1 Å². The molecule has 2 aliphatic heterocycles. The second kappa shape index (κ2) is 15.7. The van der Waals surface area contributed by atoms with E-state index in [1.807, 2.05) is 6.92 Å². The smallest absolute Gasteiger partial charge is 0.407 e. The van der Waals surface area contributed by atoms with Crippen molar-refractivity contribution in [2.24, 2.45) is 0 Å². The molecule has 3 N–H and O–H groups in total. The number of rotatable bonds is 11. The molecule has 264 valence electrons. The maximum atomic E-state index is 15.4. The van der Waals surface area contributed by atoms with Crippen LogP contribution in [0.4, 0.5) is 23.7 Å².